The molecule has 7 nitrogen and oxygen atoms in total. The number of alkyl halides is 3. The minimum absolute atomic E-state index is 0.0199. The van der Waals surface area contributed by atoms with E-state index in [1.54, 1.807) is 24.3 Å². The zero-order chi connectivity index (χ0) is 24.0. The number of aromatic nitrogens is 2. The molecule has 10 heteroatoms. The standard InChI is InChI=1S/C24H13F3N4O3/c25-24(26,27)14-4-3-5-15(12-14)28-21(32)13-8-10-16(11-9-13)31-22(33)19-20(23(31)34)30-18-7-2-1-6-17(18)29-19/h1-12H,(H,28,32). The molecule has 4 aromatic rings. The monoisotopic (exact) mass is 462 g/mol. The summed E-state index contributed by atoms with van der Waals surface area (Å²) in [5, 5.41) is 2.40. The van der Waals surface area contributed by atoms with Gasteiger partial charge in [0, 0.05) is 11.3 Å². The highest BCUT2D eigenvalue weighted by Crippen LogP contribution is 2.31. The van der Waals surface area contributed by atoms with Crippen molar-refractivity contribution < 1.29 is 27.6 Å². The largest absolute Gasteiger partial charge is 0.416 e. The summed E-state index contributed by atoms with van der Waals surface area (Å²) in [6.07, 6.45) is -4.54. The number of rotatable bonds is 3. The minimum Gasteiger partial charge on any atom is -0.322 e. The predicted octanol–water partition coefficient (Wildman–Crippen LogP) is 4.70. The first-order valence-electron chi connectivity index (χ1n) is 9.96. The van der Waals surface area contributed by atoms with Crippen molar-refractivity contribution in [2.24, 2.45) is 0 Å². The molecule has 0 saturated heterocycles. The summed E-state index contributed by atoms with van der Waals surface area (Å²) >= 11 is 0. The quantitative estimate of drug-likeness (QED) is 0.446. The highest BCUT2D eigenvalue weighted by Gasteiger charge is 2.40. The molecule has 0 bridgehead atoms. The molecule has 168 valence electrons. The molecule has 0 radical (unpaired) electrons. The molecule has 34 heavy (non-hydrogen) atoms. The van der Waals surface area contributed by atoms with Gasteiger partial charge in [-0.3, -0.25) is 14.4 Å². The summed E-state index contributed by atoms with van der Waals surface area (Å²) in [6, 6.07) is 16.6. The van der Waals surface area contributed by atoms with Crippen LogP contribution in [0.15, 0.2) is 72.8 Å². The number of hydrogen-bond donors (Lipinski definition) is 1. The fourth-order valence-electron chi connectivity index (χ4n) is 3.58. The van der Waals surface area contributed by atoms with Gasteiger partial charge in [0.25, 0.3) is 17.7 Å². The third kappa shape index (κ3) is 3.64. The van der Waals surface area contributed by atoms with E-state index >= 15 is 0 Å². The molecule has 0 spiro atoms. The Morgan fingerprint density at radius 3 is 1.94 bits per heavy atom. The number of halogens is 3. The van der Waals surface area contributed by atoms with Crippen molar-refractivity contribution in [1.82, 2.24) is 9.97 Å². The first-order chi connectivity index (χ1) is 16.2. The smallest absolute Gasteiger partial charge is 0.322 e. The topological polar surface area (TPSA) is 92.3 Å². The van der Waals surface area contributed by atoms with Gasteiger partial charge in [-0.1, -0.05) is 18.2 Å². The molecule has 1 aromatic heterocycles. The number of amides is 3. The molecule has 0 saturated carbocycles. The number of para-hydroxylation sites is 2. The Morgan fingerprint density at radius 2 is 1.38 bits per heavy atom. The number of nitrogens with one attached hydrogen (secondary N) is 1. The van der Waals surface area contributed by atoms with Crippen LogP contribution in [0.5, 0.6) is 0 Å². The van der Waals surface area contributed by atoms with Crippen LogP contribution in [-0.2, 0) is 6.18 Å². The van der Waals surface area contributed by atoms with Crippen LogP contribution in [-0.4, -0.2) is 27.7 Å². The van der Waals surface area contributed by atoms with Crippen molar-refractivity contribution in [3.05, 3.63) is 95.3 Å². The number of carbonyl (C=O) groups excluding carboxylic acids is 3. The Hall–Kier alpha value is -4.60. The van der Waals surface area contributed by atoms with Gasteiger partial charge in [0.2, 0.25) is 0 Å². The van der Waals surface area contributed by atoms with Crippen molar-refractivity contribution in [2.45, 2.75) is 6.18 Å². The van der Waals surface area contributed by atoms with E-state index in [1.807, 2.05) is 0 Å². The van der Waals surface area contributed by atoms with Crippen LogP contribution in [0.25, 0.3) is 11.0 Å². The van der Waals surface area contributed by atoms with Gasteiger partial charge in [0.05, 0.1) is 22.3 Å². The van der Waals surface area contributed by atoms with E-state index in [0.717, 1.165) is 17.0 Å². The maximum atomic E-state index is 12.9. The molecule has 0 atom stereocenters. The molecule has 5 rings (SSSR count). The van der Waals surface area contributed by atoms with E-state index in [2.05, 4.69) is 15.3 Å². The molecule has 1 aliphatic rings. The molecule has 3 amide bonds. The third-order valence-corrected chi connectivity index (χ3v) is 5.22. The van der Waals surface area contributed by atoms with Crippen LogP contribution in [0, 0.1) is 0 Å². The van der Waals surface area contributed by atoms with Crippen molar-refractivity contribution in [3.63, 3.8) is 0 Å². The number of hydrogen-bond acceptors (Lipinski definition) is 5. The summed E-state index contributed by atoms with van der Waals surface area (Å²) in [6.45, 7) is 0. The van der Waals surface area contributed by atoms with Crippen LogP contribution in [0.1, 0.15) is 36.9 Å². The van der Waals surface area contributed by atoms with Gasteiger partial charge < -0.3 is 5.32 Å². The maximum Gasteiger partial charge on any atom is 0.416 e. The first kappa shape index (κ1) is 21.3. The first-order valence-corrected chi connectivity index (χ1v) is 9.96. The van der Waals surface area contributed by atoms with Crippen LogP contribution < -0.4 is 10.2 Å². The van der Waals surface area contributed by atoms with E-state index in [0.29, 0.717) is 11.0 Å². The summed E-state index contributed by atoms with van der Waals surface area (Å²) in [4.78, 5) is 47.6. The molecular formula is C24H13F3N4O3. The molecular weight excluding hydrogens is 449 g/mol. The third-order valence-electron chi connectivity index (χ3n) is 5.22. The predicted molar refractivity (Wildman–Crippen MR) is 117 cm³/mol. The number of nitrogens with zero attached hydrogens (tertiary/aromatic N) is 3. The van der Waals surface area contributed by atoms with Crippen molar-refractivity contribution >= 4 is 40.1 Å². The lowest BCUT2D eigenvalue weighted by Gasteiger charge is -2.14. The van der Waals surface area contributed by atoms with Crippen molar-refractivity contribution in [1.29, 1.82) is 0 Å². The highest BCUT2D eigenvalue weighted by atomic mass is 19.4. The fraction of sp³-hybridized carbons (Fsp3) is 0.0417. The van der Waals surface area contributed by atoms with Gasteiger partial charge in [-0.15, -0.1) is 0 Å². The minimum atomic E-state index is -4.54. The summed E-state index contributed by atoms with van der Waals surface area (Å²) < 4.78 is 38.6. The second-order valence-corrected chi connectivity index (χ2v) is 7.43. The molecule has 0 fully saturated rings. The SMILES string of the molecule is O=C(Nc1cccc(C(F)(F)F)c1)c1ccc(N2C(=O)c3nc4ccccc4nc3C2=O)cc1. The van der Waals surface area contributed by atoms with Gasteiger partial charge in [-0.05, 0) is 54.6 Å². The molecule has 0 unspecified atom stereocenters. The fourth-order valence-corrected chi connectivity index (χ4v) is 3.58. The summed E-state index contributed by atoms with van der Waals surface area (Å²) in [5.41, 5.74) is 0.255. The Labute approximate surface area is 189 Å². The van der Waals surface area contributed by atoms with E-state index in [-0.39, 0.29) is 28.3 Å². The number of anilines is 2. The number of benzene rings is 3. The Morgan fingerprint density at radius 1 is 0.794 bits per heavy atom. The normalized spacial score (nSPS) is 13.3. The average molecular weight is 462 g/mol. The van der Waals surface area contributed by atoms with Gasteiger partial charge in [-0.2, -0.15) is 13.2 Å². The van der Waals surface area contributed by atoms with Gasteiger partial charge >= 0.3 is 6.18 Å². The maximum absolute atomic E-state index is 12.9. The van der Waals surface area contributed by atoms with Crippen LogP contribution in [0.4, 0.5) is 24.5 Å². The zero-order valence-corrected chi connectivity index (χ0v) is 17.1. The second kappa shape index (κ2) is 7.77. The zero-order valence-electron chi connectivity index (χ0n) is 17.1. The number of imide groups is 1. The average Bonchev–Trinajstić information content (AvgIpc) is 3.06. The Kier molecular flexibility index (Phi) is 4.85. The Balaban J connectivity index is 1.38. The lowest BCUT2D eigenvalue weighted by molar-refractivity contribution is -0.137. The van der Waals surface area contributed by atoms with Crippen molar-refractivity contribution in [2.75, 3.05) is 10.2 Å². The number of carbonyl (C=O) groups is 3. The van der Waals surface area contributed by atoms with E-state index in [4.69, 9.17) is 0 Å². The molecule has 1 N–H and O–H groups in total. The van der Waals surface area contributed by atoms with Crippen molar-refractivity contribution in [3.8, 4) is 0 Å². The molecule has 3 aromatic carbocycles. The highest BCUT2D eigenvalue weighted by molar-refractivity contribution is 6.33. The summed E-state index contributed by atoms with van der Waals surface area (Å²) in [5.74, 6) is -1.93. The Bertz CT molecular complexity index is 1430. The van der Waals surface area contributed by atoms with Crippen LogP contribution in [0.3, 0.4) is 0 Å². The number of fused-ring (bicyclic) bond motifs is 2. The van der Waals surface area contributed by atoms with E-state index < -0.39 is 29.5 Å². The van der Waals surface area contributed by atoms with Gasteiger partial charge in [0.1, 0.15) is 0 Å². The second-order valence-electron chi connectivity index (χ2n) is 7.43. The van der Waals surface area contributed by atoms with E-state index in [9.17, 15) is 27.6 Å². The van der Waals surface area contributed by atoms with E-state index in [1.165, 1.54) is 36.4 Å². The van der Waals surface area contributed by atoms with Crippen LogP contribution >= 0.6 is 0 Å². The molecule has 0 aliphatic carbocycles. The summed E-state index contributed by atoms with van der Waals surface area (Å²) in [7, 11) is 0. The van der Waals surface area contributed by atoms with Crippen LogP contribution in [0.2, 0.25) is 0 Å². The molecule has 1 aliphatic heterocycles. The lowest BCUT2D eigenvalue weighted by atomic mass is 10.1. The van der Waals surface area contributed by atoms with Gasteiger partial charge in [0.15, 0.2) is 11.4 Å². The van der Waals surface area contributed by atoms with Gasteiger partial charge in [-0.25, -0.2) is 14.9 Å². The lowest BCUT2D eigenvalue weighted by Crippen LogP contribution is -2.29. The molecule has 2 heterocycles.